The molecule has 80 valence electrons. The first kappa shape index (κ1) is 10.8. The third kappa shape index (κ3) is 1.71. The summed E-state index contributed by atoms with van der Waals surface area (Å²) in [4.78, 5) is 17.7. The van der Waals surface area contributed by atoms with Crippen molar-refractivity contribution < 1.29 is 0 Å². The smallest absolute Gasteiger partial charge is 0.270 e. The fourth-order valence-corrected chi connectivity index (χ4v) is 2.52. The summed E-state index contributed by atoms with van der Waals surface area (Å²) in [5, 5.41) is 10.9. The molecule has 0 aliphatic rings. The van der Waals surface area contributed by atoms with E-state index in [1.54, 1.807) is 0 Å². The Kier molecular flexibility index (Phi) is 2.73. The molecule has 16 heavy (non-hydrogen) atoms. The first-order chi connectivity index (χ1) is 7.63. The molecule has 0 atom stereocenters. The highest BCUT2D eigenvalue weighted by atomic mass is 32.1. The molecule has 0 saturated carbocycles. The molecule has 4 nitrogen and oxygen atoms in total. The van der Waals surface area contributed by atoms with Crippen molar-refractivity contribution >= 4 is 23.6 Å². The van der Waals surface area contributed by atoms with E-state index >= 15 is 0 Å². The van der Waals surface area contributed by atoms with E-state index < -0.39 is 5.56 Å². The zero-order valence-electron chi connectivity index (χ0n) is 8.33. The number of rotatable bonds is 1. The maximum Gasteiger partial charge on any atom is 0.270 e. The molecule has 0 bridgehead atoms. The minimum Gasteiger partial charge on any atom is -0.330 e. The van der Waals surface area contributed by atoms with Gasteiger partial charge in [0, 0.05) is 0 Å². The molecule has 2 aromatic rings. The minimum absolute atomic E-state index is 0.0687. The zero-order chi connectivity index (χ0) is 11.7. The van der Waals surface area contributed by atoms with Gasteiger partial charge in [0.15, 0.2) is 4.77 Å². The fourth-order valence-electron chi connectivity index (χ4n) is 1.39. The van der Waals surface area contributed by atoms with E-state index in [1.165, 1.54) is 11.3 Å². The Balaban J connectivity index is 2.85. The number of H-pyrrole nitrogens is 2. The fraction of sp³-hybridized carbons (Fsp3) is 0.100. The summed E-state index contributed by atoms with van der Waals surface area (Å²) in [6.07, 6.45) is 0. The van der Waals surface area contributed by atoms with Crippen molar-refractivity contribution in [3.8, 4) is 16.6 Å². The number of hydrogen-bond acceptors (Lipinski definition) is 4. The van der Waals surface area contributed by atoms with Gasteiger partial charge in [-0.25, -0.2) is 0 Å². The lowest BCUT2D eigenvalue weighted by Crippen LogP contribution is -2.13. The Bertz CT molecular complexity index is 687. The Morgan fingerprint density at radius 1 is 1.50 bits per heavy atom. The number of thiophene rings is 1. The van der Waals surface area contributed by atoms with Gasteiger partial charge in [-0.05, 0) is 36.2 Å². The lowest BCUT2D eigenvalue weighted by atomic mass is 10.1. The van der Waals surface area contributed by atoms with E-state index in [2.05, 4.69) is 9.97 Å². The lowest BCUT2D eigenvalue weighted by Gasteiger charge is -2.01. The van der Waals surface area contributed by atoms with Gasteiger partial charge in [-0.15, -0.1) is 11.3 Å². The van der Waals surface area contributed by atoms with E-state index in [-0.39, 0.29) is 10.3 Å². The molecule has 0 spiro atoms. The molecule has 0 radical (unpaired) electrons. The molecule has 0 unspecified atom stereocenters. The number of hydrogen-bond donors (Lipinski definition) is 2. The molecule has 0 aliphatic heterocycles. The molecule has 2 heterocycles. The molecule has 2 N–H and O–H groups in total. The van der Waals surface area contributed by atoms with Crippen LogP contribution >= 0.6 is 23.6 Å². The molecule has 0 aliphatic carbocycles. The van der Waals surface area contributed by atoms with Gasteiger partial charge in [0.05, 0.1) is 10.6 Å². The quantitative estimate of drug-likeness (QED) is 0.762. The van der Waals surface area contributed by atoms with Crippen molar-refractivity contribution in [2.24, 2.45) is 0 Å². The van der Waals surface area contributed by atoms with Crippen LogP contribution in [0.5, 0.6) is 0 Å². The lowest BCUT2D eigenvalue weighted by molar-refractivity contribution is 1.08. The van der Waals surface area contributed by atoms with Gasteiger partial charge in [-0.1, -0.05) is 0 Å². The van der Waals surface area contributed by atoms with Crippen LogP contribution in [0.4, 0.5) is 0 Å². The van der Waals surface area contributed by atoms with Crippen molar-refractivity contribution in [1.29, 1.82) is 5.26 Å². The highest BCUT2D eigenvalue weighted by Crippen LogP contribution is 2.28. The van der Waals surface area contributed by atoms with Crippen LogP contribution in [0.3, 0.4) is 0 Å². The first-order valence-electron chi connectivity index (χ1n) is 4.44. The number of aryl methyl sites for hydroxylation is 1. The number of nitrogens with zero attached hydrogens (tertiary/aromatic N) is 1. The van der Waals surface area contributed by atoms with E-state index in [4.69, 9.17) is 17.5 Å². The van der Waals surface area contributed by atoms with Gasteiger partial charge in [0.1, 0.15) is 11.6 Å². The summed E-state index contributed by atoms with van der Waals surface area (Å²) < 4.78 is 0.229. The monoisotopic (exact) mass is 249 g/mol. The van der Waals surface area contributed by atoms with Crippen molar-refractivity contribution in [3.63, 3.8) is 0 Å². The van der Waals surface area contributed by atoms with E-state index in [9.17, 15) is 4.79 Å². The van der Waals surface area contributed by atoms with Gasteiger partial charge in [-0.2, -0.15) is 5.26 Å². The van der Waals surface area contributed by atoms with E-state index in [0.29, 0.717) is 5.69 Å². The molecule has 2 rings (SSSR count). The Labute approximate surface area is 100 Å². The largest absolute Gasteiger partial charge is 0.330 e. The summed E-state index contributed by atoms with van der Waals surface area (Å²) in [5.74, 6) is 0. The van der Waals surface area contributed by atoms with Crippen LogP contribution in [0, 0.1) is 23.0 Å². The second-order valence-corrected chi connectivity index (χ2v) is 4.53. The summed E-state index contributed by atoms with van der Waals surface area (Å²) in [5.41, 5.74) is 1.13. The van der Waals surface area contributed by atoms with Crippen molar-refractivity contribution in [3.05, 3.63) is 37.7 Å². The van der Waals surface area contributed by atoms with E-state index in [1.807, 2.05) is 24.4 Å². The van der Waals surface area contributed by atoms with Gasteiger partial charge in [0.2, 0.25) is 0 Å². The summed E-state index contributed by atoms with van der Waals surface area (Å²) in [7, 11) is 0. The molecule has 6 heteroatoms. The Morgan fingerprint density at radius 3 is 2.81 bits per heavy atom. The molecular formula is C10H7N3OS2. The van der Waals surface area contributed by atoms with Crippen LogP contribution in [0.15, 0.2) is 16.2 Å². The van der Waals surface area contributed by atoms with Crippen LogP contribution in [0.2, 0.25) is 0 Å². The molecule has 0 saturated heterocycles. The zero-order valence-corrected chi connectivity index (χ0v) is 9.96. The highest BCUT2D eigenvalue weighted by Gasteiger charge is 2.12. The Morgan fingerprint density at radius 2 is 2.25 bits per heavy atom. The summed E-state index contributed by atoms with van der Waals surface area (Å²) in [6.45, 7) is 1.92. The van der Waals surface area contributed by atoms with Crippen molar-refractivity contribution in [2.45, 2.75) is 6.92 Å². The molecule has 0 fully saturated rings. The second kappa shape index (κ2) is 4.04. The topological polar surface area (TPSA) is 72.4 Å². The number of aromatic amines is 2. The number of nitrogens with one attached hydrogen (secondary N) is 2. The summed E-state index contributed by atoms with van der Waals surface area (Å²) in [6, 6.07) is 3.82. The van der Waals surface area contributed by atoms with Crippen LogP contribution in [-0.4, -0.2) is 9.97 Å². The van der Waals surface area contributed by atoms with E-state index in [0.717, 1.165) is 10.4 Å². The SMILES string of the molecule is Cc1ccsc1-c1[nH]c(=S)[nH]c(=O)c1C#N. The van der Waals surface area contributed by atoms with Crippen LogP contribution < -0.4 is 5.56 Å². The van der Waals surface area contributed by atoms with Gasteiger partial charge < -0.3 is 4.98 Å². The maximum atomic E-state index is 11.5. The molecule has 0 amide bonds. The predicted molar refractivity (Wildman–Crippen MR) is 65.0 cm³/mol. The average Bonchev–Trinajstić information content (AvgIpc) is 2.63. The first-order valence-corrected chi connectivity index (χ1v) is 5.73. The second-order valence-electron chi connectivity index (χ2n) is 3.20. The van der Waals surface area contributed by atoms with Crippen LogP contribution in [0.1, 0.15) is 11.1 Å². The summed E-state index contributed by atoms with van der Waals surface area (Å²) >= 11 is 6.36. The third-order valence-electron chi connectivity index (χ3n) is 2.14. The van der Waals surface area contributed by atoms with Crippen molar-refractivity contribution in [2.75, 3.05) is 0 Å². The normalized spacial score (nSPS) is 10.0. The van der Waals surface area contributed by atoms with Gasteiger partial charge >= 0.3 is 0 Å². The average molecular weight is 249 g/mol. The third-order valence-corrected chi connectivity index (χ3v) is 3.38. The highest BCUT2D eigenvalue weighted by molar-refractivity contribution is 7.71. The van der Waals surface area contributed by atoms with Crippen molar-refractivity contribution in [1.82, 2.24) is 9.97 Å². The standard InChI is InChI=1S/C10H7N3OS2/c1-5-2-3-16-8(5)7-6(4-11)9(14)13-10(15)12-7/h2-3H,1H3,(H2,12,13,14,15). The van der Waals surface area contributed by atoms with Gasteiger partial charge in [0.25, 0.3) is 5.56 Å². The maximum absolute atomic E-state index is 11.5. The molecule has 0 aromatic carbocycles. The molecular weight excluding hydrogens is 242 g/mol. The van der Waals surface area contributed by atoms with Crippen LogP contribution in [0.25, 0.3) is 10.6 Å². The minimum atomic E-state index is -0.450. The van der Waals surface area contributed by atoms with Gasteiger partial charge in [-0.3, -0.25) is 9.78 Å². The molecule has 2 aromatic heterocycles. The number of aromatic nitrogens is 2. The number of nitriles is 1. The predicted octanol–water partition coefficient (Wildman–Crippen LogP) is 2.34. The Hall–Kier alpha value is -1.71. The van der Waals surface area contributed by atoms with Crippen LogP contribution in [-0.2, 0) is 0 Å².